The van der Waals surface area contributed by atoms with Crippen molar-refractivity contribution in [3.8, 4) is 27.6 Å². The molecule has 4 aromatic rings. The molecule has 0 amide bonds. The van der Waals surface area contributed by atoms with E-state index in [9.17, 15) is 8.42 Å². The quantitative estimate of drug-likeness (QED) is 0.525. The monoisotopic (exact) mass is 409 g/mol. The third kappa shape index (κ3) is 3.57. The average Bonchev–Trinajstić information content (AvgIpc) is 3.19. The minimum Gasteiger partial charge on any atom is -0.222 e. The summed E-state index contributed by atoms with van der Waals surface area (Å²) in [7, 11) is -3.92. The molecule has 4 rings (SSSR count). The molecule has 6 nitrogen and oxygen atoms in total. The Hall–Kier alpha value is -2.94. The van der Waals surface area contributed by atoms with Crippen LogP contribution in [0.2, 0.25) is 0 Å². The summed E-state index contributed by atoms with van der Waals surface area (Å²) in [6, 6.07) is 23.8. The molecule has 0 bridgehead atoms. The summed E-state index contributed by atoms with van der Waals surface area (Å²) in [5, 5.41) is 13.6. The van der Waals surface area contributed by atoms with Gasteiger partial charge in [-0.2, -0.15) is 4.57 Å². The highest BCUT2D eigenvalue weighted by Crippen LogP contribution is 2.26. The molecule has 28 heavy (non-hydrogen) atoms. The van der Waals surface area contributed by atoms with E-state index in [1.54, 1.807) is 0 Å². The van der Waals surface area contributed by atoms with Crippen LogP contribution in [0.25, 0.3) is 27.6 Å². The molecule has 8 heteroatoms. The lowest BCUT2D eigenvalue weighted by atomic mass is 10.0. The fraction of sp³-hybridized carbons (Fsp3) is 0.0500. The molecule has 2 aromatic heterocycles. The molecule has 0 fully saturated rings. The molecule has 0 unspecified atom stereocenters. The van der Waals surface area contributed by atoms with Gasteiger partial charge in [0.1, 0.15) is 11.4 Å². The maximum absolute atomic E-state index is 11.7. The second kappa shape index (κ2) is 7.23. The molecule has 140 valence electrons. The number of nitrogens with two attached hydrogens (primary N) is 1. The summed E-state index contributed by atoms with van der Waals surface area (Å²) in [6.07, 6.45) is 0. The lowest BCUT2D eigenvalue weighted by Gasteiger charge is -2.11. The van der Waals surface area contributed by atoms with Gasteiger partial charge in [-0.3, -0.25) is 0 Å². The van der Waals surface area contributed by atoms with Crippen LogP contribution in [0.5, 0.6) is 0 Å². The van der Waals surface area contributed by atoms with Crippen LogP contribution in [0.15, 0.2) is 77.1 Å². The Balaban J connectivity index is 2.05. The van der Waals surface area contributed by atoms with Crippen LogP contribution in [0, 0.1) is 6.92 Å². The van der Waals surface area contributed by atoms with Crippen molar-refractivity contribution in [1.82, 2.24) is 10.2 Å². The van der Waals surface area contributed by atoms with Gasteiger partial charge in [0.25, 0.3) is 14.4 Å². The van der Waals surface area contributed by atoms with E-state index in [1.807, 2.05) is 84.3 Å². The Morgan fingerprint density at radius 2 is 1.36 bits per heavy atom. The average molecular weight is 410 g/mol. The molecule has 0 radical (unpaired) electrons. The molecule has 0 aliphatic rings. The molecule has 0 atom stereocenters. The first-order valence-corrected chi connectivity index (χ1v) is 10.8. The SMILES string of the molecule is Cc1cc(-c2ccccc2)[n+](-c2nnc(S(N)(=O)=O)s2)c(-c2ccccc2)c1. The van der Waals surface area contributed by atoms with E-state index in [0.29, 0.717) is 5.13 Å². The van der Waals surface area contributed by atoms with Crippen LogP contribution in [-0.4, -0.2) is 18.6 Å². The maximum Gasteiger partial charge on any atom is 0.416 e. The Kier molecular flexibility index (Phi) is 4.76. The number of sulfonamides is 1. The second-order valence-electron chi connectivity index (χ2n) is 6.27. The molecular formula is C20H17N4O2S2+. The highest BCUT2D eigenvalue weighted by molar-refractivity contribution is 7.91. The lowest BCUT2D eigenvalue weighted by molar-refractivity contribution is -0.572. The molecule has 2 aromatic carbocycles. The molecular weight excluding hydrogens is 392 g/mol. The predicted octanol–water partition coefficient (Wildman–Crippen LogP) is 3.10. The molecule has 2 N–H and O–H groups in total. The van der Waals surface area contributed by atoms with Gasteiger partial charge in [-0.05, 0) is 41.1 Å². The van der Waals surface area contributed by atoms with Gasteiger partial charge in [-0.15, -0.1) is 0 Å². The zero-order valence-electron chi connectivity index (χ0n) is 15.0. The van der Waals surface area contributed by atoms with E-state index in [4.69, 9.17) is 5.14 Å². The highest BCUT2D eigenvalue weighted by atomic mass is 32.2. The number of primary sulfonamides is 1. The maximum atomic E-state index is 11.7. The summed E-state index contributed by atoms with van der Waals surface area (Å²) >= 11 is 0.944. The van der Waals surface area contributed by atoms with Crippen molar-refractivity contribution in [1.29, 1.82) is 0 Å². The van der Waals surface area contributed by atoms with Gasteiger partial charge < -0.3 is 0 Å². The molecule has 0 aliphatic heterocycles. The van der Waals surface area contributed by atoms with Crippen LogP contribution in [-0.2, 0) is 10.0 Å². The Morgan fingerprint density at radius 1 is 0.857 bits per heavy atom. The number of benzene rings is 2. The lowest BCUT2D eigenvalue weighted by Crippen LogP contribution is -2.36. The van der Waals surface area contributed by atoms with Crippen molar-refractivity contribution in [2.75, 3.05) is 0 Å². The number of hydrogen-bond donors (Lipinski definition) is 1. The number of rotatable bonds is 4. The molecule has 0 aliphatic carbocycles. The van der Waals surface area contributed by atoms with Gasteiger partial charge in [-0.25, -0.2) is 13.6 Å². The summed E-state index contributed by atoms with van der Waals surface area (Å²) in [5.74, 6) is 0. The van der Waals surface area contributed by atoms with Crippen molar-refractivity contribution in [2.45, 2.75) is 11.3 Å². The molecule has 0 saturated carbocycles. The fourth-order valence-electron chi connectivity index (χ4n) is 2.99. The third-order valence-electron chi connectivity index (χ3n) is 4.18. The largest absolute Gasteiger partial charge is 0.416 e. The van der Waals surface area contributed by atoms with Crippen LogP contribution in [0.1, 0.15) is 5.56 Å². The first-order valence-electron chi connectivity index (χ1n) is 8.48. The molecule has 2 heterocycles. The first kappa shape index (κ1) is 18.4. The Morgan fingerprint density at radius 3 is 1.79 bits per heavy atom. The van der Waals surface area contributed by atoms with E-state index >= 15 is 0 Å². The first-order chi connectivity index (χ1) is 13.4. The molecule has 0 spiro atoms. The van der Waals surface area contributed by atoms with Gasteiger partial charge >= 0.3 is 5.13 Å². The van der Waals surface area contributed by atoms with Crippen molar-refractivity contribution in [3.63, 3.8) is 0 Å². The third-order valence-corrected chi connectivity index (χ3v) is 6.40. The standard InChI is InChI=1S/C20H17N4O2S2/c1-14-12-17(15-8-4-2-5-9-15)24(18(13-14)16-10-6-3-7-11-16)19-22-23-20(27-19)28(21,25)26/h2-13H,1H3,(H2,21,25,26)/q+1. The van der Waals surface area contributed by atoms with Crippen LogP contribution >= 0.6 is 11.3 Å². The number of nitrogens with zero attached hydrogens (tertiary/aromatic N) is 3. The normalized spacial score (nSPS) is 11.5. The van der Waals surface area contributed by atoms with Crippen LogP contribution in [0.4, 0.5) is 0 Å². The van der Waals surface area contributed by atoms with Crippen molar-refractivity contribution in [3.05, 3.63) is 78.4 Å². The smallest absolute Gasteiger partial charge is 0.222 e. The van der Waals surface area contributed by atoms with Gasteiger partial charge in [0.15, 0.2) is 0 Å². The fourth-order valence-corrected chi connectivity index (χ4v) is 4.44. The summed E-state index contributed by atoms with van der Waals surface area (Å²) in [5.41, 5.74) is 4.81. The van der Waals surface area contributed by atoms with E-state index in [-0.39, 0.29) is 4.34 Å². The summed E-state index contributed by atoms with van der Waals surface area (Å²) in [4.78, 5) is 0. The minimum atomic E-state index is -3.92. The van der Waals surface area contributed by atoms with E-state index < -0.39 is 10.0 Å². The van der Waals surface area contributed by atoms with E-state index in [2.05, 4.69) is 10.2 Å². The summed E-state index contributed by atoms with van der Waals surface area (Å²) < 4.78 is 25.1. The number of aryl methyl sites for hydroxylation is 1. The zero-order valence-corrected chi connectivity index (χ0v) is 16.6. The van der Waals surface area contributed by atoms with Gasteiger partial charge in [0, 0.05) is 11.1 Å². The predicted molar refractivity (Wildman–Crippen MR) is 108 cm³/mol. The Bertz CT molecular complexity index is 1180. The van der Waals surface area contributed by atoms with Crippen LogP contribution in [0.3, 0.4) is 0 Å². The van der Waals surface area contributed by atoms with Crippen LogP contribution < -0.4 is 9.71 Å². The van der Waals surface area contributed by atoms with Crippen molar-refractivity contribution in [2.24, 2.45) is 5.14 Å². The topological polar surface area (TPSA) is 89.8 Å². The second-order valence-corrected chi connectivity index (χ2v) is 8.96. The van der Waals surface area contributed by atoms with E-state index in [1.165, 1.54) is 0 Å². The summed E-state index contributed by atoms with van der Waals surface area (Å²) in [6.45, 7) is 2.03. The minimum absolute atomic E-state index is 0.214. The van der Waals surface area contributed by atoms with Crippen molar-refractivity contribution >= 4 is 21.4 Å². The highest BCUT2D eigenvalue weighted by Gasteiger charge is 2.28. The Labute approximate surface area is 167 Å². The van der Waals surface area contributed by atoms with Gasteiger partial charge in [-0.1, -0.05) is 60.7 Å². The molecule has 0 saturated heterocycles. The van der Waals surface area contributed by atoms with E-state index in [0.717, 1.165) is 39.4 Å². The number of aromatic nitrogens is 3. The van der Waals surface area contributed by atoms with Crippen molar-refractivity contribution < 1.29 is 13.0 Å². The number of pyridine rings is 1. The number of hydrogen-bond acceptors (Lipinski definition) is 5. The zero-order chi connectivity index (χ0) is 19.7. The van der Waals surface area contributed by atoms with Gasteiger partial charge in [0.2, 0.25) is 0 Å². The van der Waals surface area contributed by atoms with Gasteiger partial charge in [0.05, 0.1) is 5.10 Å².